The van der Waals surface area contributed by atoms with Gasteiger partial charge in [0, 0.05) is 125 Å². The van der Waals surface area contributed by atoms with Crippen molar-refractivity contribution in [1.29, 1.82) is 0 Å². The van der Waals surface area contributed by atoms with Crippen LogP contribution in [0.15, 0.2) is 127 Å². The van der Waals surface area contributed by atoms with Crippen molar-refractivity contribution in [2.24, 2.45) is 17.8 Å². The number of carbonyl (C=O) groups excluding carboxylic acids is 2. The number of alkyl halides is 6. The van der Waals surface area contributed by atoms with E-state index in [1.807, 2.05) is 0 Å². The summed E-state index contributed by atoms with van der Waals surface area (Å²) in [6.07, 6.45) is -24.7. The Morgan fingerprint density at radius 2 is 0.786 bits per heavy atom. The van der Waals surface area contributed by atoms with Crippen molar-refractivity contribution in [2.45, 2.75) is 171 Å². The number of nitrogens with one attached hydrogen (secondary N) is 4. The van der Waals surface area contributed by atoms with Crippen molar-refractivity contribution in [2.75, 3.05) is 40.6 Å². The lowest BCUT2D eigenvalue weighted by Crippen LogP contribution is -2.50. The van der Waals surface area contributed by atoms with Gasteiger partial charge in [-0.25, -0.2) is 54.5 Å². The number of carboxylic acids is 1. The van der Waals surface area contributed by atoms with E-state index in [4.69, 9.17) is 29.8 Å². The highest BCUT2D eigenvalue weighted by Gasteiger charge is 2.58. The van der Waals surface area contributed by atoms with E-state index in [2.05, 4.69) is 35.2 Å². The molecule has 0 radical (unpaired) electrons. The molecule has 2 amide bonds. The molecule has 9 aromatic rings. The Morgan fingerprint density at radius 1 is 0.495 bits per heavy atom. The summed E-state index contributed by atoms with van der Waals surface area (Å²) >= 11 is 0. The summed E-state index contributed by atoms with van der Waals surface area (Å²) in [4.78, 5) is 58.4. The van der Waals surface area contributed by atoms with Gasteiger partial charge >= 0.3 is 5.97 Å². The summed E-state index contributed by atoms with van der Waals surface area (Å²) < 4.78 is 279. The van der Waals surface area contributed by atoms with Crippen molar-refractivity contribution in [3.63, 3.8) is 0 Å². The van der Waals surface area contributed by atoms with Crippen LogP contribution < -0.4 is 5.32 Å². The van der Waals surface area contributed by atoms with E-state index in [0.29, 0.717) is 55.0 Å². The molecule has 8 N–H and O–H groups in total. The van der Waals surface area contributed by atoms with Crippen molar-refractivity contribution in [3.8, 4) is 0 Å². The number of H-pyrrole nitrogens is 3. The van der Waals surface area contributed by atoms with Gasteiger partial charge in [0.15, 0.2) is 0 Å². The van der Waals surface area contributed by atoms with Crippen molar-refractivity contribution in [1.82, 2.24) is 45.0 Å². The maximum Gasteiger partial charge on any atom is 0.306 e. The summed E-state index contributed by atoms with van der Waals surface area (Å²) in [5, 5.41) is 44.7. The number of aryl methyl sites for hydroxylation is 3. The van der Waals surface area contributed by atoms with Crippen LogP contribution in [-0.4, -0.2) is 135 Å². The van der Waals surface area contributed by atoms with Gasteiger partial charge in [0.05, 0.1) is 69.2 Å². The van der Waals surface area contributed by atoms with Crippen LogP contribution in [0.5, 0.6) is 0 Å². The van der Waals surface area contributed by atoms with Gasteiger partial charge in [-0.15, -0.1) is 0 Å². The molecule has 6 aromatic carbocycles. The molecule has 16 nitrogen and oxygen atoms in total. The average molecular weight is 1460 g/mol. The molecule has 0 fully saturated rings. The number of benzene rings is 6. The van der Waals surface area contributed by atoms with Crippen LogP contribution in [0.25, 0.3) is 33.1 Å². The minimum Gasteiger partial charge on any atom is -0.481 e. The largest absolute Gasteiger partial charge is 0.481 e. The number of fused-ring (bicyclic) bond motifs is 6. The maximum absolute atomic E-state index is 15.2. The number of aliphatic carboxylic acids is 1. The molecule has 12 rings (SSSR count). The molecule has 3 aromatic heterocycles. The van der Waals surface area contributed by atoms with Gasteiger partial charge in [0.2, 0.25) is 11.8 Å². The third-order valence-corrected chi connectivity index (χ3v) is 18.0. The molecule has 3 aliphatic rings. The predicted molar refractivity (Wildman–Crippen MR) is 376 cm³/mol. The fourth-order valence-corrected chi connectivity index (χ4v) is 14.1. The number of amides is 2. The number of hydrogen-bond acceptors (Lipinski definition) is 10. The predicted octanol–water partition coefficient (Wildman–Crippen LogP) is 15.3. The number of aliphatic hydroxyl groups is 3. The molecule has 6 atom stereocenters. The van der Waals surface area contributed by atoms with Gasteiger partial charge in [-0.05, 0) is 140 Å². The minimum absolute atomic E-state index is 0.0369. The highest BCUT2D eigenvalue weighted by molar-refractivity contribution is 5.79. The minimum atomic E-state index is -3.71. The zero-order chi connectivity index (χ0) is 91.3. The Labute approximate surface area is 618 Å². The topological polar surface area (TPSA) is 237 Å². The van der Waals surface area contributed by atoms with E-state index in [1.54, 1.807) is 114 Å². The number of rotatable bonds is 21. The highest BCUT2D eigenvalue weighted by atomic mass is 19.3. The monoisotopic (exact) mass is 1460 g/mol. The number of aromatic amines is 3. The Morgan fingerprint density at radius 3 is 1.07 bits per heavy atom. The van der Waals surface area contributed by atoms with E-state index >= 15 is 17.6 Å². The number of nitrogens with zero attached hydrogens (tertiary/aromatic N) is 5. The number of imidazole rings is 3. The number of aromatic nitrogens is 6. The molecule has 554 valence electrons. The van der Waals surface area contributed by atoms with E-state index in [-0.39, 0.29) is 28.4 Å². The Balaban J connectivity index is 0.000000192. The van der Waals surface area contributed by atoms with Gasteiger partial charge in [0.1, 0.15) is 34.9 Å². The van der Waals surface area contributed by atoms with Crippen LogP contribution in [0.1, 0.15) is 192 Å². The molecule has 3 aliphatic carbocycles. The fourth-order valence-electron chi connectivity index (χ4n) is 14.1. The molecule has 0 aliphatic heterocycles. The fraction of sp³-hybridized carbons (Fsp3) is 0.462. The summed E-state index contributed by atoms with van der Waals surface area (Å²) in [5.74, 6) is -22.6. The van der Waals surface area contributed by atoms with E-state index < -0.39 is 224 Å². The lowest BCUT2D eigenvalue weighted by atomic mass is 9.64. The van der Waals surface area contributed by atoms with Crippen LogP contribution in [0.3, 0.4) is 0 Å². The van der Waals surface area contributed by atoms with Crippen LogP contribution in [0.2, 0.25) is 0 Å². The van der Waals surface area contributed by atoms with Crippen LogP contribution in [0.4, 0.5) is 39.5 Å². The Hall–Kier alpha value is -8.65. The number of para-hydroxylation sites is 6. The zero-order valence-electron chi connectivity index (χ0n) is 75.5. The Bertz CT molecular complexity index is 5020. The molecule has 0 spiro atoms. The number of halogens is 9. The van der Waals surface area contributed by atoms with Crippen molar-refractivity contribution in [3.05, 3.63) is 196 Å². The second-order valence-electron chi connectivity index (χ2n) is 26.8. The zero-order valence-corrected chi connectivity index (χ0v) is 57.5. The Kier molecular flexibility index (Phi) is 17.7. The molecule has 0 saturated heterocycles. The highest BCUT2D eigenvalue weighted by Crippen LogP contribution is 2.57. The van der Waals surface area contributed by atoms with E-state index in [9.17, 15) is 51.7 Å². The van der Waals surface area contributed by atoms with Crippen LogP contribution in [0, 0.1) is 35.2 Å². The first-order valence-corrected chi connectivity index (χ1v) is 32.7. The maximum atomic E-state index is 15.2. The van der Waals surface area contributed by atoms with Gasteiger partial charge < -0.3 is 50.5 Å². The second-order valence-corrected chi connectivity index (χ2v) is 26.8. The quantitative estimate of drug-likeness (QED) is 0.0315. The van der Waals surface area contributed by atoms with E-state index in [1.165, 1.54) is 13.1 Å². The number of hydrogen-bond donors (Lipinski definition) is 8. The molecule has 0 unspecified atom stereocenters. The summed E-state index contributed by atoms with van der Waals surface area (Å²) in [6.45, 7) is 0.793. The smallest absolute Gasteiger partial charge is 0.306 e. The molecular weight excluding hydrogens is 1350 g/mol. The normalized spacial score (nSPS) is 25.2. The standard InChI is InChI=1S/2C26H30F3N3O2.C15H17F3O3.C11H15N3/c2*1-16(2)24-18-11-10-17(27)13-19(18)26(28,29)15-25(24,34)14-23(33)32(3)12-6-9-22-30-20-7-4-5-8-21(20)31-22;1-8(2)13-10-4-3-9(16)5-11(10)15(17,18)7-14(13,21)6-12(19)20;1-12-8-4-7-11-13-9-5-2-3-6-10(9)14-11/h2*4-5,7-8,10-11,13,16,24,34H,6,9,12,14-15H2,1-3H3,(H,30,31);3-5,8,13,21H,6-7H2,1-2H3,(H,19,20);2-3,5-6,12H,4,7-8H2,1H3,(H,13,14)/t2*24-,25+;13-,14+;/m000./s1/i2*6D2,9D2,12D2;;4D2,7D2,8D2. The van der Waals surface area contributed by atoms with E-state index in [0.717, 1.165) is 50.5 Å². The lowest BCUT2D eigenvalue weighted by molar-refractivity contribution is -0.157. The second kappa shape index (κ2) is 32.2. The molecule has 103 heavy (non-hydrogen) atoms. The third kappa shape index (κ3) is 18.5. The molecule has 3 heterocycles. The third-order valence-electron chi connectivity index (χ3n) is 18.0. The number of carboxylic acid groups (broad SMARTS) is 1. The van der Waals surface area contributed by atoms with Gasteiger partial charge in [0.25, 0.3) is 17.8 Å². The number of carbonyl (C=O) groups is 3. The molecule has 0 bridgehead atoms. The molecular formula is C78H92F9N9O7. The van der Waals surface area contributed by atoms with Crippen LogP contribution >= 0.6 is 0 Å². The first-order valence-electron chi connectivity index (χ1n) is 41.7. The first-order chi connectivity index (χ1) is 55.2. The SMILES string of the molecule is CC(C)[C@H]1c2ccc(F)cc2C(F)(F)C[C@]1(O)CC(=O)O.[2H]C([2H])(NC)C([2H])([2H])C([2H])([2H])c1nc2ccccc2[nH]1.[2H]C([2H])(c1nc2ccccc2[nH]1)C([2H])([2H])C([2H])([2H])N(C)C(=O)C[C@@]1(O)CC(F)(F)c2cc(F)ccc2[C@@H]1C(C)C.[2H]C([2H])(c1nc2ccccc2[nH]1)C([2H])([2H])C([2H])([2H])N(C)C(=O)C[C@@]1(O)CC(F)(F)c2cc(F)ccc2[C@@H]1C(C)C. The van der Waals surface area contributed by atoms with Crippen LogP contribution in [-0.2, 0) is 51.3 Å². The van der Waals surface area contributed by atoms with Gasteiger partial charge in [-0.1, -0.05) is 96.1 Å². The summed E-state index contributed by atoms with van der Waals surface area (Å²) in [5.41, 5.74) is -5.95. The first kappa shape index (κ1) is 56.8. The van der Waals surface area contributed by atoms with Crippen molar-refractivity contribution < 1.29 is 99.0 Å². The van der Waals surface area contributed by atoms with Gasteiger partial charge in [-0.2, -0.15) is 0 Å². The molecule has 25 heteroatoms. The van der Waals surface area contributed by atoms with Gasteiger partial charge in [-0.3, -0.25) is 14.4 Å². The average Bonchev–Trinajstić information content (AvgIpc) is 1.71. The lowest BCUT2D eigenvalue weighted by Gasteiger charge is -2.46. The van der Waals surface area contributed by atoms with Crippen molar-refractivity contribution >= 4 is 50.9 Å². The molecule has 0 saturated carbocycles. The summed E-state index contributed by atoms with van der Waals surface area (Å²) in [6, 6.07) is 28.4. The summed E-state index contributed by atoms with van der Waals surface area (Å²) in [7, 11) is 3.01.